The molecule has 0 unspecified atom stereocenters. The Morgan fingerprint density at radius 2 is 2.33 bits per heavy atom. The minimum Gasteiger partial charge on any atom is -0.370 e. The molecule has 2 N–H and O–H groups in total. The van der Waals surface area contributed by atoms with E-state index in [0.29, 0.717) is 18.4 Å². The topological polar surface area (TPSA) is 54.5 Å². The average molecular weight is 226 g/mol. The highest BCUT2D eigenvalue weighted by Gasteiger charge is 2.08. The van der Waals surface area contributed by atoms with Gasteiger partial charge in [0.1, 0.15) is 0 Å². The van der Waals surface area contributed by atoms with E-state index >= 15 is 0 Å². The molecular weight excluding hydrogens is 208 g/mol. The predicted octanol–water partition coefficient (Wildman–Crippen LogP) is 1.43. The molecule has 1 aromatic rings. The molecule has 0 aliphatic heterocycles. The summed E-state index contributed by atoms with van der Waals surface area (Å²) in [7, 11) is 3.77. The maximum absolute atomic E-state index is 5.71. The van der Waals surface area contributed by atoms with Crippen molar-refractivity contribution in [3.63, 3.8) is 0 Å². The van der Waals surface area contributed by atoms with Crippen LogP contribution in [0.1, 0.15) is 23.5 Å². The van der Waals surface area contributed by atoms with Gasteiger partial charge in [0.2, 0.25) is 0 Å². The number of hydrogen-bond donors (Lipinski definition) is 1. The van der Waals surface area contributed by atoms with E-state index in [9.17, 15) is 0 Å². The van der Waals surface area contributed by atoms with Gasteiger partial charge in [0.05, 0.1) is 11.6 Å². The summed E-state index contributed by atoms with van der Waals surface area (Å²) < 4.78 is 0. The van der Waals surface area contributed by atoms with Crippen molar-refractivity contribution in [2.75, 3.05) is 20.6 Å². The van der Waals surface area contributed by atoms with Crippen LogP contribution in [0.15, 0.2) is 10.4 Å². The van der Waals surface area contributed by atoms with E-state index in [1.807, 2.05) is 21.0 Å². The highest BCUT2D eigenvalue weighted by atomic mass is 32.1. The number of aliphatic imine (C=N–C) groups is 1. The van der Waals surface area contributed by atoms with Gasteiger partial charge >= 0.3 is 0 Å². The molecule has 0 aliphatic carbocycles. The van der Waals surface area contributed by atoms with E-state index in [4.69, 9.17) is 5.73 Å². The first-order valence-corrected chi connectivity index (χ1v) is 5.78. The summed E-state index contributed by atoms with van der Waals surface area (Å²) in [6, 6.07) is 0. The molecule has 15 heavy (non-hydrogen) atoms. The number of nitrogens with two attached hydrogens (primary N) is 1. The van der Waals surface area contributed by atoms with Gasteiger partial charge in [-0.2, -0.15) is 0 Å². The maximum Gasteiger partial charge on any atom is 0.190 e. The van der Waals surface area contributed by atoms with Crippen molar-refractivity contribution in [1.82, 2.24) is 9.88 Å². The smallest absolute Gasteiger partial charge is 0.190 e. The molecule has 0 aromatic carbocycles. The van der Waals surface area contributed by atoms with E-state index in [-0.39, 0.29) is 0 Å². The van der Waals surface area contributed by atoms with E-state index in [1.54, 1.807) is 16.2 Å². The summed E-state index contributed by atoms with van der Waals surface area (Å²) in [4.78, 5) is 10.5. The lowest BCUT2D eigenvalue weighted by Gasteiger charge is -2.11. The van der Waals surface area contributed by atoms with Crippen molar-refractivity contribution >= 4 is 17.3 Å². The maximum atomic E-state index is 5.71. The monoisotopic (exact) mass is 226 g/mol. The first-order valence-electron chi connectivity index (χ1n) is 4.90. The minimum atomic E-state index is 0.335. The number of thiazole rings is 1. The Morgan fingerprint density at radius 1 is 1.67 bits per heavy atom. The lowest BCUT2D eigenvalue weighted by atomic mass is 10.2. The number of aromatic nitrogens is 1. The fraction of sp³-hybridized carbons (Fsp3) is 0.600. The second-order valence-corrected chi connectivity index (χ2v) is 4.71. The first kappa shape index (κ1) is 12.0. The van der Waals surface area contributed by atoms with Crippen molar-refractivity contribution in [3.8, 4) is 0 Å². The van der Waals surface area contributed by atoms with E-state index in [2.05, 4.69) is 22.3 Å². The molecule has 4 nitrogen and oxygen atoms in total. The Morgan fingerprint density at radius 3 is 2.80 bits per heavy atom. The second-order valence-electron chi connectivity index (χ2n) is 3.82. The quantitative estimate of drug-likeness (QED) is 0.626. The van der Waals surface area contributed by atoms with Crippen molar-refractivity contribution in [3.05, 3.63) is 16.1 Å². The van der Waals surface area contributed by atoms with Gasteiger partial charge in [-0.05, 0) is 6.92 Å². The highest BCUT2D eigenvalue weighted by Crippen LogP contribution is 2.19. The van der Waals surface area contributed by atoms with Gasteiger partial charge in [-0.25, -0.2) is 4.98 Å². The zero-order chi connectivity index (χ0) is 11.4. The van der Waals surface area contributed by atoms with Crippen LogP contribution in [0.2, 0.25) is 0 Å². The third-order valence-corrected chi connectivity index (χ3v) is 3.24. The Balaban J connectivity index is 2.57. The van der Waals surface area contributed by atoms with Crippen LogP contribution >= 0.6 is 11.3 Å². The van der Waals surface area contributed by atoms with E-state index in [0.717, 1.165) is 10.7 Å². The first-order chi connectivity index (χ1) is 7.00. The molecule has 0 fully saturated rings. The van der Waals surface area contributed by atoms with Crippen LogP contribution in [0.3, 0.4) is 0 Å². The number of nitrogens with zero attached hydrogens (tertiary/aromatic N) is 3. The largest absolute Gasteiger partial charge is 0.370 e. The molecule has 84 valence electrons. The molecule has 0 saturated carbocycles. The van der Waals surface area contributed by atoms with Crippen LogP contribution in [-0.4, -0.2) is 36.5 Å². The molecule has 0 saturated heterocycles. The molecule has 0 radical (unpaired) electrons. The third kappa shape index (κ3) is 3.51. The molecular formula is C10H18N4S. The highest BCUT2D eigenvalue weighted by molar-refractivity contribution is 7.09. The van der Waals surface area contributed by atoms with E-state index < -0.39 is 0 Å². The second kappa shape index (κ2) is 5.11. The van der Waals surface area contributed by atoms with Crippen molar-refractivity contribution in [2.45, 2.75) is 19.8 Å². The SMILES string of the molecule is Cc1csc([C@@H](C)CN=C(N)N(C)C)n1. The molecule has 1 heterocycles. The van der Waals surface area contributed by atoms with Crippen molar-refractivity contribution in [1.29, 1.82) is 0 Å². The van der Waals surface area contributed by atoms with Gasteiger partial charge in [0, 0.05) is 31.1 Å². The summed E-state index contributed by atoms with van der Waals surface area (Å²) in [6.45, 7) is 4.81. The number of aryl methyl sites for hydroxylation is 1. The predicted molar refractivity (Wildman–Crippen MR) is 65.4 cm³/mol. The van der Waals surface area contributed by atoms with Crippen LogP contribution in [0.4, 0.5) is 0 Å². The fourth-order valence-electron chi connectivity index (χ4n) is 1.05. The van der Waals surface area contributed by atoms with Crippen LogP contribution in [0, 0.1) is 6.92 Å². The summed E-state index contributed by atoms with van der Waals surface area (Å²) in [5.41, 5.74) is 6.78. The number of hydrogen-bond acceptors (Lipinski definition) is 3. The zero-order valence-electron chi connectivity index (χ0n) is 9.69. The summed E-state index contributed by atoms with van der Waals surface area (Å²) in [5, 5.41) is 3.19. The Labute approximate surface area is 94.8 Å². The minimum absolute atomic E-state index is 0.335. The molecule has 0 amide bonds. The molecule has 1 aromatic heterocycles. The Hall–Kier alpha value is -1.10. The normalized spacial score (nSPS) is 14.0. The van der Waals surface area contributed by atoms with Gasteiger partial charge in [-0.15, -0.1) is 11.3 Å². The van der Waals surface area contributed by atoms with Crippen LogP contribution in [0.25, 0.3) is 0 Å². The molecule has 1 rings (SSSR count). The third-order valence-electron chi connectivity index (χ3n) is 2.04. The number of rotatable bonds is 3. The summed E-state index contributed by atoms with van der Waals surface area (Å²) in [6.07, 6.45) is 0. The van der Waals surface area contributed by atoms with Crippen LogP contribution in [-0.2, 0) is 0 Å². The van der Waals surface area contributed by atoms with Crippen molar-refractivity contribution < 1.29 is 0 Å². The number of guanidine groups is 1. The zero-order valence-corrected chi connectivity index (χ0v) is 10.5. The lowest BCUT2D eigenvalue weighted by molar-refractivity contribution is 0.604. The van der Waals surface area contributed by atoms with Gasteiger partial charge in [-0.3, -0.25) is 4.99 Å². The standard InChI is InChI=1S/C10H18N4S/c1-7(5-12-10(11)14(3)4)9-13-8(2)6-15-9/h6-7H,5H2,1-4H3,(H2,11,12)/t7-/m0/s1. The van der Waals surface area contributed by atoms with Crippen molar-refractivity contribution in [2.24, 2.45) is 10.7 Å². The Bertz CT molecular complexity index is 343. The van der Waals surface area contributed by atoms with Crippen LogP contribution < -0.4 is 5.73 Å². The van der Waals surface area contributed by atoms with Crippen LogP contribution in [0.5, 0.6) is 0 Å². The van der Waals surface area contributed by atoms with Gasteiger partial charge < -0.3 is 10.6 Å². The Kier molecular flexibility index (Phi) is 4.08. The molecule has 0 bridgehead atoms. The van der Waals surface area contributed by atoms with Gasteiger partial charge in [-0.1, -0.05) is 6.92 Å². The van der Waals surface area contributed by atoms with E-state index in [1.165, 1.54) is 0 Å². The summed E-state index contributed by atoms with van der Waals surface area (Å²) in [5.74, 6) is 0.900. The molecule has 0 spiro atoms. The van der Waals surface area contributed by atoms with Gasteiger partial charge in [0.15, 0.2) is 5.96 Å². The lowest BCUT2D eigenvalue weighted by Crippen LogP contribution is -2.30. The molecule has 5 heteroatoms. The molecule has 1 atom stereocenters. The van der Waals surface area contributed by atoms with Gasteiger partial charge in [0.25, 0.3) is 0 Å². The fourth-order valence-corrected chi connectivity index (χ4v) is 1.90. The average Bonchev–Trinajstić information content (AvgIpc) is 2.60. The summed E-state index contributed by atoms with van der Waals surface area (Å²) >= 11 is 1.68. The molecule has 0 aliphatic rings.